The molecule has 3 aromatic rings. The minimum atomic E-state index is -5.00. The van der Waals surface area contributed by atoms with Crippen molar-refractivity contribution in [2.75, 3.05) is 36.4 Å². The number of hydrogen-bond donors (Lipinski definition) is 1. The quantitative estimate of drug-likeness (QED) is 0.403. The molecule has 2 fully saturated rings. The maximum atomic E-state index is 15.5. The van der Waals surface area contributed by atoms with Crippen LogP contribution in [0.4, 0.5) is 33.5 Å². The first-order valence-corrected chi connectivity index (χ1v) is 14.2. The van der Waals surface area contributed by atoms with E-state index in [1.165, 1.54) is 28.6 Å². The lowest BCUT2D eigenvalue weighted by Gasteiger charge is -2.43. The fourth-order valence-corrected chi connectivity index (χ4v) is 6.45. The van der Waals surface area contributed by atoms with Gasteiger partial charge in [-0.05, 0) is 31.4 Å². The van der Waals surface area contributed by atoms with Crippen molar-refractivity contribution in [3.8, 4) is 16.9 Å². The highest BCUT2D eigenvalue weighted by Gasteiger charge is 2.41. The summed E-state index contributed by atoms with van der Waals surface area (Å²) in [6.45, 7) is -0.228. The summed E-state index contributed by atoms with van der Waals surface area (Å²) in [5, 5.41) is 3.55. The van der Waals surface area contributed by atoms with Crippen LogP contribution in [0.5, 0.6) is 5.75 Å². The van der Waals surface area contributed by atoms with E-state index < -0.39 is 62.8 Å². The summed E-state index contributed by atoms with van der Waals surface area (Å²) in [4.78, 5) is 14.4. The second-order valence-corrected chi connectivity index (χ2v) is 11.3. The maximum Gasteiger partial charge on any atom is 0.419 e. The lowest BCUT2D eigenvalue weighted by Crippen LogP contribution is -2.57. The predicted molar refractivity (Wildman–Crippen MR) is 139 cm³/mol. The number of rotatable bonds is 6. The summed E-state index contributed by atoms with van der Waals surface area (Å²) >= 11 is 0. The number of hydrogen-bond acceptors (Lipinski definition) is 7. The number of nitrogens with zero attached hydrogens (tertiary/aromatic N) is 3. The molecule has 1 aromatic heterocycles. The van der Waals surface area contributed by atoms with Crippen LogP contribution in [0.2, 0.25) is 0 Å². The molecule has 3 heterocycles. The van der Waals surface area contributed by atoms with E-state index in [-0.39, 0.29) is 43.4 Å². The first-order valence-electron chi connectivity index (χ1n) is 12.8. The monoisotopic (exact) mass is 616 g/mol. The minimum Gasteiger partial charge on any atom is -0.495 e. The summed E-state index contributed by atoms with van der Waals surface area (Å²) in [6, 6.07) is 5.03. The number of benzene rings is 2. The smallest absolute Gasteiger partial charge is 0.419 e. The van der Waals surface area contributed by atoms with Crippen molar-refractivity contribution in [1.29, 1.82) is 0 Å². The molecule has 16 heteroatoms. The summed E-state index contributed by atoms with van der Waals surface area (Å²) in [7, 11) is -2.82. The van der Waals surface area contributed by atoms with Crippen LogP contribution in [-0.2, 0) is 25.9 Å². The zero-order valence-electron chi connectivity index (χ0n) is 22.0. The van der Waals surface area contributed by atoms with E-state index in [4.69, 9.17) is 9.47 Å². The van der Waals surface area contributed by atoms with Crippen molar-refractivity contribution in [3.63, 3.8) is 0 Å². The van der Waals surface area contributed by atoms with Crippen molar-refractivity contribution >= 4 is 27.6 Å². The van der Waals surface area contributed by atoms with Gasteiger partial charge < -0.3 is 18.9 Å². The number of halogens is 5. The van der Waals surface area contributed by atoms with Crippen LogP contribution < -0.4 is 14.4 Å². The van der Waals surface area contributed by atoms with Crippen LogP contribution >= 0.6 is 0 Å². The van der Waals surface area contributed by atoms with Crippen LogP contribution in [0.15, 0.2) is 47.2 Å². The van der Waals surface area contributed by atoms with Gasteiger partial charge in [0, 0.05) is 36.3 Å². The lowest BCUT2D eigenvalue weighted by molar-refractivity contribution is -0.140. The SMILES string of the molecule is COc1cc(-c2cccc(C(F)(F)F)c2F)c(F)cc1N1C(=O)CO[C@@H]2CCCN(S(=O)(=O)Nc3ccon3)CC[C@@H]21. The normalized spacial score (nSPS) is 20.5. The summed E-state index contributed by atoms with van der Waals surface area (Å²) < 4.78 is 116. The maximum absolute atomic E-state index is 15.5. The van der Waals surface area contributed by atoms with E-state index >= 15 is 4.39 Å². The molecule has 1 amide bonds. The molecule has 42 heavy (non-hydrogen) atoms. The Morgan fingerprint density at radius 3 is 2.57 bits per heavy atom. The summed E-state index contributed by atoms with van der Waals surface area (Å²) in [6.07, 6.45) is -3.49. The Morgan fingerprint density at radius 2 is 1.88 bits per heavy atom. The van der Waals surface area contributed by atoms with E-state index in [9.17, 15) is 30.8 Å². The third kappa shape index (κ3) is 5.78. The highest BCUT2D eigenvalue weighted by molar-refractivity contribution is 7.90. The molecule has 1 N–H and O–H groups in total. The molecule has 5 rings (SSSR count). The second kappa shape index (κ2) is 11.5. The first-order chi connectivity index (χ1) is 19.9. The third-order valence-corrected chi connectivity index (χ3v) is 8.67. The molecule has 2 aliphatic heterocycles. The average Bonchev–Trinajstić information content (AvgIpc) is 3.41. The molecule has 0 unspecified atom stereocenters. The Labute approximate surface area is 237 Å². The van der Waals surface area contributed by atoms with E-state index in [0.29, 0.717) is 18.9 Å². The number of amides is 1. The Morgan fingerprint density at radius 1 is 1.10 bits per heavy atom. The van der Waals surface area contributed by atoms with Gasteiger partial charge in [0.15, 0.2) is 5.82 Å². The second-order valence-electron chi connectivity index (χ2n) is 9.67. The number of alkyl halides is 3. The van der Waals surface area contributed by atoms with Crippen LogP contribution in [-0.4, -0.2) is 62.7 Å². The van der Waals surface area contributed by atoms with Gasteiger partial charge in [0.25, 0.3) is 5.91 Å². The molecule has 0 aliphatic carbocycles. The van der Waals surface area contributed by atoms with Gasteiger partial charge in [0.1, 0.15) is 30.3 Å². The van der Waals surface area contributed by atoms with Crippen LogP contribution in [0.25, 0.3) is 11.1 Å². The number of aromatic nitrogens is 1. The number of methoxy groups -OCH3 is 1. The topological polar surface area (TPSA) is 114 Å². The van der Waals surface area contributed by atoms with Gasteiger partial charge >= 0.3 is 16.4 Å². The van der Waals surface area contributed by atoms with E-state index in [1.54, 1.807) is 0 Å². The number of ether oxygens (including phenoxy) is 2. The number of morpholine rings is 1. The van der Waals surface area contributed by atoms with Crippen LogP contribution in [0, 0.1) is 11.6 Å². The lowest BCUT2D eigenvalue weighted by atomic mass is 9.95. The standard InChI is InChI=1S/C26H25F5N4O6S/c1-39-22-12-16(15-4-2-5-17(25(15)28)26(29,30)31)18(27)13-20(22)35-19-7-10-34(9-3-6-21(19)40-14-24(35)36)42(37,38)33-23-8-11-41-32-23/h2,4-5,8,11-13,19,21H,3,6-7,9-10,14H2,1H3,(H,32,33)/t19-,21+/m0/s1. The minimum absolute atomic E-state index is 0.00903. The van der Waals surface area contributed by atoms with E-state index in [1.807, 2.05) is 0 Å². The molecule has 10 nitrogen and oxygen atoms in total. The van der Waals surface area contributed by atoms with Gasteiger partial charge in [-0.2, -0.15) is 25.9 Å². The molecule has 0 bridgehead atoms. The highest BCUT2D eigenvalue weighted by atomic mass is 32.2. The van der Waals surface area contributed by atoms with Crippen LogP contribution in [0.1, 0.15) is 24.8 Å². The average molecular weight is 617 g/mol. The van der Waals surface area contributed by atoms with Crippen molar-refractivity contribution in [3.05, 3.63) is 59.9 Å². The Hall–Kier alpha value is -3.76. The van der Waals surface area contributed by atoms with Gasteiger partial charge in [0.2, 0.25) is 0 Å². The number of fused-ring (bicyclic) bond motifs is 1. The Kier molecular flexibility index (Phi) is 8.13. The Balaban J connectivity index is 1.48. The molecule has 2 aromatic carbocycles. The molecule has 2 saturated heterocycles. The Bertz CT molecular complexity index is 1570. The zero-order chi connectivity index (χ0) is 30.2. The number of carbonyl (C=O) groups is 1. The third-order valence-electron chi connectivity index (χ3n) is 7.15. The van der Waals surface area contributed by atoms with Gasteiger partial charge in [-0.25, -0.2) is 8.78 Å². The summed E-state index contributed by atoms with van der Waals surface area (Å²) in [5.74, 6) is -3.42. The molecule has 0 radical (unpaired) electrons. The number of anilines is 2. The van der Waals surface area contributed by atoms with Crippen molar-refractivity contribution in [2.45, 2.75) is 37.6 Å². The summed E-state index contributed by atoms with van der Waals surface area (Å²) in [5.41, 5.74) is -2.74. The van der Waals surface area contributed by atoms with E-state index in [2.05, 4.69) is 14.4 Å². The van der Waals surface area contributed by atoms with Gasteiger partial charge in [-0.3, -0.25) is 9.52 Å². The fourth-order valence-electron chi connectivity index (χ4n) is 5.23. The highest BCUT2D eigenvalue weighted by Crippen LogP contribution is 2.42. The molecule has 2 atom stereocenters. The van der Waals surface area contributed by atoms with Crippen molar-refractivity contribution < 1.29 is 49.2 Å². The largest absolute Gasteiger partial charge is 0.495 e. The first kappa shape index (κ1) is 29.7. The molecule has 2 aliphatic rings. The van der Waals surface area contributed by atoms with Crippen LogP contribution in [0.3, 0.4) is 0 Å². The van der Waals surface area contributed by atoms with E-state index in [0.717, 1.165) is 24.3 Å². The molecule has 0 saturated carbocycles. The van der Waals surface area contributed by atoms with Gasteiger partial charge in [0.05, 0.1) is 30.5 Å². The van der Waals surface area contributed by atoms with Gasteiger partial charge in [-0.15, -0.1) is 0 Å². The molecular weight excluding hydrogens is 591 g/mol. The number of nitrogens with one attached hydrogen (secondary N) is 1. The van der Waals surface area contributed by atoms with Crippen molar-refractivity contribution in [2.24, 2.45) is 0 Å². The molecule has 0 spiro atoms. The molecule has 226 valence electrons. The fraction of sp³-hybridized carbons (Fsp3) is 0.385. The zero-order valence-corrected chi connectivity index (χ0v) is 22.8. The van der Waals surface area contributed by atoms with Crippen molar-refractivity contribution in [1.82, 2.24) is 9.46 Å². The molecular formula is C26H25F5N4O6S. The predicted octanol–water partition coefficient (Wildman–Crippen LogP) is 4.59. The number of carbonyl (C=O) groups excluding carboxylic acids is 1. The van der Waals surface area contributed by atoms with Gasteiger partial charge in [-0.1, -0.05) is 17.3 Å².